The van der Waals surface area contributed by atoms with Gasteiger partial charge in [0.15, 0.2) is 0 Å². The highest BCUT2D eigenvalue weighted by Gasteiger charge is 2.30. The molecule has 0 aromatic rings. The number of allylic oxidation sites excluding steroid dienone is 5. The Bertz CT molecular complexity index is 804. The summed E-state index contributed by atoms with van der Waals surface area (Å²) in [5.74, 6) is -0.211. The van der Waals surface area contributed by atoms with Crippen LogP contribution in [-0.4, -0.2) is 46.7 Å². The van der Waals surface area contributed by atoms with Gasteiger partial charge in [-0.1, -0.05) is 76.3 Å². The number of aliphatic hydroxyl groups excluding tert-OH is 2. The Labute approximate surface area is 223 Å². The molecule has 0 aliphatic carbocycles. The van der Waals surface area contributed by atoms with Crippen LogP contribution in [0.3, 0.4) is 0 Å². The van der Waals surface area contributed by atoms with E-state index in [2.05, 4.69) is 26.5 Å². The molecular weight excluding hydrogens is 470 g/mol. The molecule has 8 unspecified atom stereocenters. The third-order valence-electron chi connectivity index (χ3n) is 7.15. The second kappa shape index (κ2) is 17.2. The highest BCUT2D eigenvalue weighted by molar-refractivity contribution is 5.72. The summed E-state index contributed by atoms with van der Waals surface area (Å²) in [5, 5.41) is 21.2. The van der Waals surface area contributed by atoms with Gasteiger partial charge in [-0.3, -0.25) is 4.79 Å². The summed E-state index contributed by atoms with van der Waals surface area (Å²) in [5.41, 5.74) is 6.42. The van der Waals surface area contributed by atoms with E-state index in [1.807, 2.05) is 39.0 Å². The molecule has 0 aromatic carbocycles. The van der Waals surface area contributed by atoms with Crippen molar-refractivity contribution in [3.8, 4) is 0 Å². The lowest BCUT2D eigenvalue weighted by molar-refractivity contribution is -0.160. The van der Waals surface area contributed by atoms with E-state index in [0.29, 0.717) is 18.8 Å². The van der Waals surface area contributed by atoms with E-state index >= 15 is 0 Å². The van der Waals surface area contributed by atoms with Crippen LogP contribution >= 0.6 is 0 Å². The Kier molecular flexibility index (Phi) is 15.2. The number of ether oxygens (including phenoxy) is 2. The van der Waals surface area contributed by atoms with Gasteiger partial charge in [-0.25, -0.2) is 4.79 Å². The zero-order valence-corrected chi connectivity index (χ0v) is 23.3. The summed E-state index contributed by atoms with van der Waals surface area (Å²) in [7, 11) is 0. The van der Waals surface area contributed by atoms with Crippen LogP contribution in [0.25, 0.3) is 0 Å². The number of cyclic esters (lactones) is 1. The molecular formula is C30H49NO6. The van der Waals surface area contributed by atoms with Crippen LogP contribution in [0.5, 0.6) is 0 Å². The smallest absolute Gasteiger partial charge is 0.404 e. The van der Waals surface area contributed by atoms with Crippen LogP contribution in [-0.2, 0) is 14.3 Å². The number of carbonyl (C=O) groups excluding carboxylic acids is 2. The number of amides is 1. The van der Waals surface area contributed by atoms with Gasteiger partial charge in [-0.2, -0.15) is 0 Å². The minimum atomic E-state index is -0.845. The van der Waals surface area contributed by atoms with Gasteiger partial charge in [0.2, 0.25) is 0 Å². The van der Waals surface area contributed by atoms with Crippen molar-refractivity contribution < 1.29 is 29.3 Å². The Morgan fingerprint density at radius 1 is 1.24 bits per heavy atom. The molecule has 37 heavy (non-hydrogen) atoms. The first-order valence-electron chi connectivity index (χ1n) is 13.6. The van der Waals surface area contributed by atoms with Crippen LogP contribution in [0, 0.1) is 23.7 Å². The fraction of sp³-hybridized carbons (Fsp3) is 0.667. The lowest BCUT2D eigenvalue weighted by Crippen LogP contribution is -2.37. The van der Waals surface area contributed by atoms with E-state index < -0.39 is 24.4 Å². The van der Waals surface area contributed by atoms with Gasteiger partial charge in [0.05, 0.1) is 18.1 Å². The van der Waals surface area contributed by atoms with E-state index in [-0.39, 0.29) is 29.8 Å². The van der Waals surface area contributed by atoms with Gasteiger partial charge in [0, 0.05) is 18.8 Å². The van der Waals surface area contributed by atoms with Crippen LogP contribution < -0.4 is 5.73 Å². The minimum Gasteiger partial charge on any atom is -0.462 e. The van der Waals surface area contributed by atoms with Crippen molar-refractivity contribution in [1.82, 2.24) is 0 Å². The van der Waals surface area contributed by atoms with Gasteiger partial charge in [0.1, 0.15) is 12.2 Å². The summed E-state index contributed by atoms with van der Waals surface area (Å²) in [6.07, 6.45) is 13.5. The third kappa shape index (κ3) is 13.1. The predicted molar refractivity (Wildman–Crippen MR) is 148 cm³/mol. The van der Waals surface area contributed by atoms with E-state index in [1.54, 1.807) is 12.2 Å². The Balaban J connectivity index is 2.47. The Morgan fingerprint density at radius 3 is 2.57 bits per heavy atom. The predicted octanol–water partition coefficient (Wildman–Crippen LogP) is 5.62. The number of hydrogen-bond donors (Lipinski definition) is 3. The first-order chi connectivity index (χ1) is 17.4. The van der Waals surface area contributed by atoms with Crippen LogP contribution in [0.1, 0.15) is 79.6 Å². The molecule has 7 heteroatoms. The van der Waals surface area contributed by atoms with E-state index in [9.17, 15) is 19.8 Å². The summed E-state index contributed by atoms with van der Waals surface area (Å²) >= 11 is 0. The van der Waals surface area contributed by atoms with Crippen LogP contribution in [0.4, 0.5) is 4.79 Å². The number of rotatable bonds is 16. The molecule has 1 aliphatic rings. The average Bonchev–Trinajstić information content (AvgIpc) is 2.83. The molecule has 7 nitrogen and oxygen atoms in total. The van der Waals surface area contributed by atoms with Crippen molar-refractivity contribution in [2.75, 3.05) is 0 Å². The molecule has 0 radical (unpaired) electrons. The fourth-order valence-electron chi connectivity index (χ4n) is 4.69. The van der Waals surface area contributed by atoms with Crippen LogP contribution in [0.2, 0.25) is 0 Å². The maximum absolute atomic E-state index is 11.7. The minimum absolute atomic E-state index is 0.0158. The van der Waals surface area contributed by atoms with Crippen molar-refractivity contribution in [3.63, 3.8) is 0 Å². The first-order valence-corrected chi connectivity index (χ1v) is 13.6. The van der Waals surface area contributed by atoms with Gasteiger partial charge >= 0.3 is 12.1 Å². The lowest BCUT2D eigenvalue weighted by Gasteiger charge is -2.30. The molecule has 1 aliphatic heterocycles. The maximum Gasteiger partial charge on any atom is 0.404 e. The molecule has 1 rings (SSSR count). The summed E-state index contributed by atoms with van der Waals surface area (Å²) < 4.78 is 10.6. The van der Waals surface area contributed by atoms with Gasteiger partial charge in [0.25, 0.3) is 0 Å². The number of aliphatic hydroxyl groups is 2. The van der Waals surface area contributed by atoms with Crippen molar-refractivity contribution in [3.05, 3.63) is 48.6 Å². The molecule has 1 saturated heterocycles. The van der Waals surface area contributed by atoms with Crippen molar-refractivity contribution in [1.29, 1.82) is 0 Å². The monoisotopic (exact) mass is 519 g/mol. The molecule has 0 bridgehead atoms. The number of nitrogens with two attached hydrogens (primary N) is 1. The number of carbonyl (C=O) groups is 2. The van der Waals surface area contributed by atoms with E-state index in [4.69, 9.17) is 15.2 Å². The molecule has 210 valence electrons. The highest BCUT2D eigenvalue weighted by atomic mass is 16.6. The molecule has 8 atom stereocenters. The Hall–Kier alpha value is -2.38. The molecule has 1 amide bonds. The fourth-order valence-corrected chi connectivity index (χ4v) is 4.69. The van der Waals surface area contributed by atoms with Gasteiger partial charge in [-0.05, 0) is 50.9 Å². The maximum atomic E-state index is 11.7. The summed E-state index contributed by atoms with van der Waals surface area (Å²) in [6, 6.07) is 0. The summed E-state index contributed by atoms with van der Waals surface area (Å²) in [6.45, 7) is 13.6. The molecule has 0 aromatic heterocycles. The number of hydrogen-bond acceptors (Lipinski definition) is 6. The third-order valence-corrected chi connectivity index (χ3v) is 7.15. The zero-order valence-electron chi connectivity index (χ0n) is 23.3. The van der Waals surface area contributed by atoms with E-state index in [0.717, 1.165) is 32.1 Å². The number of primary amides is 1. The van der Waals surface area contributed by atoms with Crippen molar-refractivity contribution in [2.24, 2.45) is 29.4 Å². The second-order valence-corrected chi connectivity index (χ2v) is 10.7. The standard InChI is InChI=1S/C30H49NO6/c1-7-8-9-13-27(37-30(31)35)24(6)28(33)23(5)18-21(3)12-10-11-20(2)14-16-25(32)19-26-17-15-22(4)29(34)36-26/h7-9,12,14,16,20,22-28,32-33H,1,10-11,13,15,17-19H2,2-6H3,(H2,31,35)/b9-8-,16-14-,21-12-. The first kappa shape index (κ1) is 32.6. The van der Waals surface area contributed by atoms with Crippen molar-refractivity contribution in [2.45, 2.75) is 104 Å². The topological polar surface area (TPSA) is 119 Å². The SMILES string of the molecule is C=C/C=C\CC(OC(N)=O)C(C)C(O)C(C)C/C(C)=C\CCC(C)/C=C\C(O)CC1CCC(C)C(=O)O1. The van der Waals surface area contributed by atoms with Crippen molar-refractivity contribution >= 4 is 12.1 Å². The van der Waals surface area contributed by atoms with Crippen LogP contribution in [0.15, 0.2) is 48.6 Å². The Morgan fingerprint density at radius 2 is 1.95 bits per heavy atom. The lowest BCUT2D eigenvalue weighted by atomic mass is 9.84. The largest absolute Gasteiger partial charge is 0.462 e. The molecule has 0 saturated carbocycles. The molecule has 4 N–H and O–H groups in total. The average molecular weight is 520 g/mol. The highest BCUT2D eigenvalue weighted by Crippen LogP contribution is 2.26. The second-order valence-electron chi connectivity index (χ2n) is 10.7. The van der Waals surface area contributed by atoms with E-state index in [1.165, 1.54) is 5.57 Å². The molecule has 0 spiro atoms. The summed E-state index contributed by atoms with van der Waals surface area (Å²) in [4.78, 5) is 23.0. The number of esters is 1. The van der Waals surface area contributed by atoms with Gasteiger partial charge in [-0.15, -0.1) is 0 Å². The normalized spacial score (nSPS) is 23.8. The van der Waals surface area contributed by atoms with Gasteiger partial charge < -0.3 is 25.4 Å². The molecule has 1 heterocycles. The zero-order chi connectivity index (χ0) is 28.0. The molecule has 1 fully saturated rings. The quantitative estimate of drug-likeness (QED) is 0.138.